The van der Waals surface area contributed by atoms with E-state index in [4.69, 9.17) is 11.6 Å². The van der Waals surface area contributed by atoms with E-state index in [1.807, 2.05) is 62.4 Å². The predicted molar refractivity (Wildman–Crippen MR) is 126 cm³/mol. The third-order valence-corrected chi connectivity index (χ3v) is 6.46. The molecule has 0 bridgehead atoms. The molecule has 3 rings (SSSR count). The van der Waals surface area contributed by atoms with Gasteiger partial charge in [0.15, 0.2) is 0 Å². The smallest absolute Gasteiger partial charge is 0.243 e. The molecular formula is C26H33ClN2O2. The van der Waals surface area contributed by atoms with Crippen molar-refractivity contribution >= 4 is 23.4 Å². The van der Waals surface area contributed by atoms with Crippen LogP contribution >= 0.6 is 11.6 Å². The number of hydrogen-bond acceptors (Lipinski definition) is 2. The summed E-state index contributed by atoms with van der Waals surface area (Å²) < 4.78 is 0. The maximum atomic E-state index is 13.5. The van der Waals surface area contributed by atoms with Crippen LogP contribution in [0.1, 0.15) is 62.1 Å². The van der Waals surface area contributed by atoms with Gasteiger partial charge in [0.25, 0.3) is 0 Å². The topological polar surface area (TPSA) is 49.4 Å². The number of halogens is 1. The molecule has 1 N–H and O–H groups in total. The molecule has 0 radical (unpaired) electrons. The number of benzene rings is 2. The Hall–Kier alpha value is -2.33. The maximum absolute atomic E-state index is 13.5. The van der Waals surface area contributed by atoms with Crippen molar-refractivity contribution in [1.82, 2.24) is 10.2 Å². The molecule has 0 spiro atoms. The van der Waals surface area contributed by atoms with Crippen molar-refractivity contribution in [2.45, 2.75) is 77.4 Å². The Labute approximate surface area is 191 Å². The van der Waals surface area contributed by atoms with Gasteiger partial charge in [-0.25, -0.2) is 0 Å². The van der Waals surface area contributed by atoms with Crippen LogP contribution in [0.3, 0.4) is 0 Å². The van der Waals surface area contributed by atoms with Crippen LogP contribution in [0.25, 0.3) is 0 Å². The number of rotatable bonds is 8. The highest BCUT2D eigenvalue weighted by atomic mass is 35.5. The standard InChI is InChI=1S/C26H33ClN2O2/c1-3-24(26(31)28-23-11-5-4-6-12-23)29(18-20-13-15-22(27)16-14-20)25(30)17-21-10-8-7-9-19(21)2/h7-10,13-16,23-24H,3-6,11-12,17-18H2,1-2H3,(H,28,31)/t24-/m0/s1. The molecule has 0 saturated heterocycles. The number of carbonyl (C=O) groups is 2. The minimum Gasteiger partial charge on any atom is -0.352 e. The fraction of sp³-hybridized carbons (Fsp3) is 0.462. The molecular weight excluding hydrogens is 408 g/mol. The first kappa shape index (κ1) is 23.3. The summed E-state index contributed by atoms with van der Waals surface area (Å²) in [4.78, 5) is 28.4. The van der Waals surface area contributed by atoms with Gasteiger partial charge in [-0.2, -0.15) is 0 Å². The van der Waals surface area contributed by atoms with E-state index in [0.717, 1.165) is 42.4 Å². The monoisotopic (exact) mass is 440 g/mol. The van der Waals surface area contributed by atoms with Crippen molar-refractivity contribution in [2.24, 2.45) is 0 Å². The Kier molecular flexibility index (Phi) is 8.53. The third-order valence-electron chi connectivity index (χ3n) is 6.21. The Morgan fingerprint density at radius 2 is 1.74 bits per heavy atom. The van der Waals surface area contributed by atoms with E-state index in [-0.39, 0.29) is 24.3 Å². The molecule has 1 atom stereocenters. The van der Waals surface area contributed by atoms with E-state index in [2.05, 4.69) is 5.32 Å². The third kappa shape index (κ3) is 6.57. The van der Waals surface area contributed by atoms with E-state index in [0.29, 0.717) is 18.0 Å². The van der Waals surface area contributed by atoms with E-state index >= 15 is 0 Å². The van der Waals surface area contributed by atoms with Crippen LogP contribution in [0.4, 0.5) is 0 Å². The molecule has 5 heteroatoms. The zero-order valence-corrected chi connectivity index (χ0v) is 19.3. The Balaban J connectivity index is 1.81. The van der Waals surface area contributed by atoms with Crippen LogP contribution in [0.2, 0.25) is 5.02 Å². The van der Waals surface area contributed by atoms with Crippen molar-refractivity contribution in [3.63, 3.8) is 0 Å². The maximum Gasteiger partial charge on any atom is 0.243 e. The fourth-order valence-corrected chi connectivity index (χ4v) is 4.45. The molecule has 1 saturated carbocycles. The van der Waals surface area contributed by atoms with Gasteiger partial charge in [0, 0.05) is 17.6 Å². The molecule has 0 aromatic heterocycles. The number of nitrogens with one attached hydrogen (secondary N) is 1. The van der Waals surface area contributed by atoms with E-state index in [1.165, 1.54) is 6.42 Å². The zero-order chi connectivity index (χ0) is 22.2. The highest BCUT2D eigenvalue weighted by molar-refractivity contribution is 6.30. The van der Waals surface area contributed by atoms with Gasteiger partial charge >= 0.3 is 0 Å². The lowest BCUT2D eigenvalue weighted by atomic mass is 9.95. The van der Waals surface area contributed by atoms with Gasteiger partial charge in [-0.1, -0.05) is 74.2 Å². The number of hydrogen-bond donors (Lipinski definition) is 1. The molecule has 1 fully saturated rings. The van der Waals surface area contributed by atoms with E-state index < -0.39 is 6.04 Å². The molecule has 166 valence electrons. The average molecular weight is 441 g/mol. The van der Waals surface area contributed by atoms with Crippen molar-refractivity contribution in [3.8, 4) is 0 Å². The van der Waals surface area contributed by atoms with Gasteiger partial charge in [0.1, 0.15) is 6.04 Å². The van der Waals surface area contributed by atoms with Crippen LogP contribution in [0.5, 0.6) is 0 Å². The van der Waals surface area contributed by atoms with Gasteiger partial charge in [0.05, 0.1) is 6.42 Å². The van der Waals surface area contributed by atoms with Gasteiger partial charge in [-0.05, 0) is 55.0 Å². The molecule has 31 heavy (non-hydrogen) atoms. The molecule has 0 aliphatic heterocycles. The molecule has 2 amide bonds. The first-order valence-electron chi connectivity index (χ1n) is 11.4. The summed E-state index contributed by atoms with van der Waals surface area (Å²) in [7, 11) is 0. The van der Waals surface area contributed by atoms with Gasteiger partial charge in [-0.3, -0.25) is 9.59 Å². The van der Waals surface area contributed by atoms with Crippen molar-refractivity contribution in [1.29, 1.82) is 0 Å². The van der Waals surface area contributed by atoms with Crippen LogP contribution < -0.4 is 5.32 Å². The SMILES string of the molecule is CC[C@@H](C(=O)NC1CCCCC1)N(Cc1ccc(Cl)cc1)C(=O)Cc1ccccc1C. The van der Waals surface area contributed by atoms with Gasteiger partial charge < -0.3 is 10.2 Å². The van der Waals surface area contributed by atoms with E-state index in [9.17, 15) is 9.59 Å². The number of amides is 2. The highest BCUT2D eigenvalue weighted by Crippen LogP contribution is 2.20. The zero-order valence-electron chi connectivity index (χ0n) is 18.6. The lowest BCUT2D eigenvalue weighted by molar-refractivity contribution is -0.141. The molecule has 0 unspecified atom stereocenters. The van der Waals surface area contributed by atoms with Crippen LogP contribution in [0, 0.1) is 6.92 Å². The second-order valence-electron chi connectivity index (χ2n) is 8.52. The lowest BCUT2D eigenvalue weighted by Gasteiger charge is -2.33. The fourth-order valence-electron chi connectivity index (χ4n) is 4.32. The molecule has 1 aliphatic rings. The summed E-state index contributed by atoms with van der Waals surface area (Å²) in [5.41, 5.74) is 3.05. The lowest BCUT2D eigenvalue weighted by Crippen LogP contribution is -2.52. The minimum atomic E-state index is -0.492. The average Bonchev–Trinajstić information content (AvgIpc) is 2.77. The first-order chi connectivity index (χ1) is 15.0. The van der Waals surface area contributed by atoms with Crippen LogP contribution in [-0.4, -0.2) is 28.8 Å². The van der Waals surface area contributed by atoms with E-state index in [1.54, 1.807) is 4.90 Å². The van der Waals surface area contributed by atoms with Crippen molar-refractivity contribution in [2.75, 3.05) is 0 Å². The Morgan fingerprint density at radius 1 is 1.06 bits per heavy atom. The second-order valence-corrected chi connectivity index (χ2v) is 8.96. The van der Waals surface area contributed by atoms with Crippen molar-refractivity contribution < 1.29 is 9.59 Å². The summed E-state index contributed by atoms with van der Waals surface area (Å²) in [5, 5.41) is 3.88. The molecule has 4 nitrogen and oxygen atoms in total. The number of nitrogens with zero attached hydrogens (tertiary/aromatic N) is 1. The van der Waals surface area contributed by atoms with Crippen molar-refractivity contribution in [3.05, 3.63) is 70.2 Å². The van der Waals surface area contributed by atoms with Gasteiger partial charge in [-0.15, -0.1) is 0 Å². The second kappa shape index (κ2) is 11.3. The molecule has 0 heterocycles. The Bertz CT molecular complexity index is 875. The van der Waals surface area contributed by atoms with Crippen LogP contribution in [-0.2, 0) is 22.6 Å². The summed E-state index contributed by atoms with van der Waals surface area (Å²) in [5.74, 6) is -0.0728. The summed E-state index contributed by atoms with van der Waals surface area (Å²) in [6.45, 7) is 4.37. The quantitative estimate of drug-likeness (QED) is 0.593. The predicted octanol–water partition coefficient (Wildman–Crippen LogP) is 5.45. The molecule has 2 aromatic carbocycles. The minimum absolute atomic E-state index is 0.0325. The van der Waals surface area contributed by atoms with Crippen LogP contribution in [0.15, 0.2) is 48.5 Å². The Morgan fingerprint density at radius 3 is 2.39 bits per heavy atom. The summed E-state index contributed by atoms with van der Waals surface area (Å²) >= 11 is 6.04. The highest BCUT2D eigenvalue weighted by Gasteiger charge is 2.30. The largest absolute Gasteiger partial charge is 0.352 e. The molecule has 1 aliphatic carbocycles. The summed E-state index contributed by atoms with van der Waals surface area (Å²) in [6, 6.07) is 15.1. The number of carbonyl (C=O) groups excluding carboxylic acids is 2. The normalized spacial score (nSPS) is 15.3. The number of aryl methyl sites for hydroxylation is 1. The summed E-state index contributed by atoms with van der Waals surface area (Å²) in [6.07, 6.45) is 6.46. The molecule has 2 aromatic rings. The van der Waals surface area contributed by atoms with Gasteiger partial charge in [0.2, 0.25) is 11.8 Å². The first-order valence-corrected chi connectivity index (χ1v) is 11.7.